The van der Waals surface area contributed by atoms with Crippen LogP contribution in [0, 0.1) is 19.8 Å². The number of aliphatic hydroxyl groups is 9. The minimum atomic E-state index is -1.91. The first-order chi connectivity index (χ1) is 26.1. The van der Waals surface area contributed by atoms with Gasteiger partial charge in [0.1, 0.15) is 60.5 Å². The van der Waals surface area contributed by atoms with Gasteiger partial charge in [-0.1, -0.05) is 13.0 Å². The number of benzene rings is 2. The zero-order valence-electron chi connectivity index (χ0n) is 30.2. The molecule has 3 heterocycles. The molecule has 18 heteroatoms. The summed E-state index contributed by atoms with van der Waals surface area (Å²) in [6, 6.07) is 7.06. The average molecular weight is 781 g/mol. The number of fused-ring (bicyclic) bond motifs is 1. The monoisotopic (exact) mass is 780 g/mol. The first kappa shape index (κ1) is 41.2. The van der Waals surface area contributed by atoms with Crippen molar-refractivity contribution in [3.8, 4) is 28.6 Å². The maximum Gasteiger partial charge on any atom is 0.235 e. The molecule has 0 amide bonds. The van der Waals surface area contributed by atoms with E-state index in [1.807, 2.05) is 0 Å². The van der Waals surface area contributed by atoms with Crippen LogP contribution < -0.4 is 10.2 Å². The van der Waals surface area contributed by atoms with Gasteiger partial charge in [-0.25, -0.2) is 0 Å². The highest BCUT2D eigenvalue weighted by Crippen LogP contribution is 2.40. The van der Waals surface area contributed by atoms with Crippen LogP contribution in [0.2, 0.25) is 0 Å². The van der Waals surface area contributed by atoms with Crippen LogP contribution in [0.15, 0.2) is 39.5 Å². The maximum atomic E-state index is 14.3. The van der Waals surface area contributed by atoms with Gasteiger partial charge in [0.15, 0.2) is 23.5 Å². The van der Waals surface area contributed by atoms with Gasteiger partial charge >= 0.3 is 0 Å². The van der Waals surface area contributed by atoms with Gasteiger partial charge in [-0.15, -0.1) is 0 Å². The molecule has 2 aromatic carbocycles. The van der Waals surface area contributed by atoms with E-state index >= 15 is 0 Å². The van der Waals surface area contributed by atoms with Crippen LogP contribution in [0.1, 0.15) is 30.9 Å². The first-order valence-electron chi connectivity index (χ1n) is 18.0. The van der Waals surface area contributed by atoms with Crippen molar-refractivity contribution in [3.63, 3.8) is 0 Å². The number of aromatic hydroxyl groups is 2. The van der Waals surface area contributed by atoms with E-state index in [-0.39, 0.29) is 35.1 Å². The van der Waals surface area contributed by atoms with Crippen molar-refractivity contribution in [2.45, 2.75) is 119 Å². The van der Waals surface area contributed by atoms with Gasteiger partial charge in [0.2, 0.25) is 17.5 Å². The number of aryl methyl sites for hydroxylation is 2. The van der Waals surface area contributed by atoms with Crippen molar-refractivity contribution in [3.05, 3.63) is 51.7 Å². The molecule has 1 saturated carbocycles. The number of aliphatic hydroxyl groups excluding tert-OH is 9. The van der Waals surface area contributed by atoms with Gasteiger partial charge in [-0.3, -0.25) is 4.79 Å². The molecule has 55 heavy (non-hydrogen) atoms. The fourth-order valence-electron chi connectivity index (χ4n) is 7.52. The van der Waals surface area contributed by atoms with Gasteiger partial charge in [0, 0.05) is 18.1 Å². The summed E-state index contributed by atoms with van der Waals surface area (Å²) in [5, 5.41) is 116. The molecule has 1 unspecified atom stereocenters. The summed E-state index contributed by atoms with van der Waals surface area (Å²) < 4.78 is 36.2. The Morgan fingerprint density at radius 2 is 1.40 bits per heavy atom. The largest absolute Gasteiger partial charge is 0.504 e. The lowest BCUT2D eigenvalue weighted by atomic mass is 9.80. The van der Waals surface area contributed by atoms with Crippen molar-refractivity contribution in [2.75, 3.05) is 13.2 Å². The number of phenolic OH excluding ortho intramolecular Hbond substituents is 2. The van der Waals surface area contributed by atoms with Crippen LogP contribution in [0.25, 0.3) is 22.3 Å². The molecule has 304 valence electrons. The SMILES string of the molecule is CC[C@H]1O[C@@H](Oc2c(-c3ccc(O)c(O)c3)oc3cc(C)cc(C)c3c2=O)C(O[C@@H]2C[C@H](CO)[C@@H](O)[C@H](O)[C@H]2O[C@@H]2O[C@H](CO)[C@@H](O)[C@H](O)[C@H]2O)[C@@H](O)[C@@H]1O. The van der Waals surface area contributed by atoms with E-state index in [1.54, 1.807) is 32.9 Å². The van der Waals surface area contributed by atoms with Crippen molar-refractivity contribution in [1.29, 1.82) is 0 Å². The summed E-state index contributed by atoms with van der Waals surface area (Å²) in [6.07, 6.45) is -23.2. The smallest absolute Gasteiger partial charge is 0.235 e. The molecular weight excluding hydrogens is 732 g/mol. The number of hydrogen-bond acceptors (Lipinski definition) is 18. The molecule has 11 N–H and O–H groups in total. The molecule has 3 aliphatic rings. The third-order valence-corrected chi connectivity index (χ3v) is 10.6. The second-order valence-electron chi connectivity index (χ2n) is 14.4. The van der Waals surface area contributed by atoms with Gasteiger partial charge in [0.05, 0.1) is 30.3 Å². The summed E-state index contributed by atoms with van der Waals surface area (Å²) in [4.78, 5) is 14.3. The molecule has 6 rings (SSSR count). The zero-order chi connectivity index (χ0) is 40.0. The number of hydrogen-bond donors (Lipinski definition) is 11. The predicted octanol–water partition coefficient (Wildman–Crippen LogP) is -1.60. The van der Waals surface area contributed by atoms with Crippen LogP contribution in [-0.4, -0.2) is 155 Å². The van der Waals surface area contributed by atoms with Crippen molar-refractivity contribution in [1.82, 2.24) is 0 Å². The molecule has 1 aliphatic carbocycles. The Hall–Kier alpha value is -3.47. The Morgan fingerprint density at radius 1 is 0.727 bits per heavy atom. The topological polar surface area (TPSA) is 299 Å². The minimum absolute atomic E-state index is 0.104. The van der Waals surface area contributed by atoms with Gasteiger partial charge in [0.25, 0.3) is 0 Å². The Morgan fingerprint density at radius 3 is 2.05 bits per heavy atom. The standard InChI is InChI=1S/C37H48O18/c1-4-19-25(43)30(48)35(51-21-10-16(11-38)24(42)29(47)33(21)54-36-31(49)28(46)26(44)22(12-39)53-36)37(52-19)55-34-27(45)23-14(3)7-13(2)8-20(23)50-32(34)15-5-6-17(40)18(41)9-15/h5-9,16,19,21-22,24-26,28-31,33,35-44,46-49H,4,10-12H2,1-3H3/t16-,19-,21-,22-,24-,25-,26-,28+,29+,30+,31-,33+,35?,36+,37+/m1/s1. The van der Waals surface area contributed by atoms with Crippen molar-refractivity contribution >= 4 is 11.0 Å². The molecule has 0 bridgehead atoms. The predicted molar refractivity (Wildman–Crippen MR) is 187 cm³/mol. The Bertz CT molecular complexity index is 1870. The third kappa shape index (κ3) is 7.80. The second-order valence-corrected chi connectivity index (χ2v) is 14.4. The van der Waals surface area contributed by atoms with E-state index in [2.05, 4.69) is 0 Å². The van der Waals surface area contributed by atoms with E-state index in [4.69, 9.17) is 28.1 Å². The van der Waals surface area contributed by atoms with Gasteiger partial charge in [-0.05, 0) is 62.1 Å². The minimum Gasteiger partial charge on any atom is -0.504 e. The molecule has 2 aliphatic heterocycles. The highest BCUT2D eigenvalue weighted by molar-refractivity contribution is 5.85. The zero-order valence-corrected chi connectivity index (χ0v) is 30.2. The number of ether oxygens (including phenoxy) is 5. The van der Waals surface area contributed by atoms with Gasteiger partial charge < -0.3 is 84.3 Å². The quantitative estimate of drug-likeness (QED) is 0.103. The van der Waals surface area contributed by atoms with Crippen LogP contribution >= 0.6 is 0 Å². The lowest BCUT2D eigenvalue weighted by molar-refractivity contribution is -0.346. The molecule has 2 saturated heterocycles. The van der Waals surface area contributed by atoms with Crippen molar-refractivity contribution in [2.24, 2.45) is 5.92 Å². The van der Waals surface area contributed by atoms with E-state index in [0.717, 1.165) is 11.6 Å². The number of rotatable bonds is 10. The lowest BCUT2D eigenvalue weighted by Gasteiger charge is -2.48. The lowest BCUT2D eigenvalue weighted by Crippen LogP contribution is -2.65. The maximum absolute atomic E-state index is 14.3. The normalized spacial score (nSPS) is 36.9. The van der Waals surface area contributed by atoms with E-state index in [9.17, 15) is 61.0 Å². The molecule has 3 aromatic rings. The molecule has 0 spiro atoms. The molecule has 15 atom stereocenters. The van der Waals surface area contributed by atoms with Crippen LogP contribution in [0.4, 0.5) is 0 Å². The highest BCUT2D eigenvalue weighted by atomic mass is 16.7. The molecular formula is C37H48O18. The molecule has 18 nitrogen and oxygen atoms in total. The molecule has 3 fully saturated rings. The fourth-order valence-corrected chi connectivity index (χ4v) is 7.52. The van der Waals surface area contributed by atoms with E-state index < -0.39 is 128 Å². The van der Waals surface area contributed by atoms with E-state index in [1.165, 1.54) is 12.1 Å². The second kappa shape index (κ2) is 16.6. The van der Waals surface area contributed by atoms with Gasteiger partial charge in [-0.2, -0.15) is 0 Å². The summed E-state index contributed by atoms with van der Waals surface area (Å²) in [6.45, 7) is 3.72. The highest BCUT2D eigenvalue weighted by Gasteiger charge is 2.54. The van der Waals surface area contributed by atoms with Crippen LogP contribution in [0.5, 0.6) is 17.2 Å². The summed E-state index contributed by atoms with van der Waals surface area (Å²) >= 11 is 0. The average Bonchev–Trinajstić information content (AvgIpc) is 3.15. The summed E-state index contributed by atoms with van der Waals surface area (Å²) in [5.41, 5.74) is 0.903. The third-order valence-electron chi connectivity index (χ3n) is 10.6. The Labute approximate surface area is 313 Å². The van der Waals surface area contributed by atoms with Crippen molar-refractivity contribution < 1.29 is 84.3 Å². The van der Waals surface area contributed by atoms with Crippen LogP contribution in [-0.2, 0) is 18.9 Å². The summed E-state index contributed by atoms with van der Waals surface area (Å²) in [5.74, 6) is -2.67. The van der Waals surface area contributed by atoms with E-state index in [0.29, 0.717) is 5.56 Å². The Kier molecular flexibility index (Phi) is 12.4. The summed E-state index contributed by atoms with van der Waals surface area (Å²) in [7, 11) is 0. The number of phenols is 2. The fraction of sp³-hybridized carbons (Fsp3) is 0.595. The van der Waals surface area contributed by atoms with Crippen LogP contribution in [0.3, 0.4) is 0 Å². The molecule has 1 aromatic heterocycles. The Balaban J connectivity index is 1.41. The first-order valence-corrected chi connectivity index (χ1v) is 18.0. The molecule has 0 radical (unpaired) electrons.